The molecule has 0 saturated heterocycles. The average molecular weight is 416 g/mol. The maximum Gasteiger partial charge on any atom is 0.278 e. The van der Waals surface area contributed by atoms with Gasteiger partial charge in [-0.2, -0.15) is 10.1 Å². The van der Waals surface area contributed by atoms with E-state index in [0.29, 0.717) is 30.4 Å². The smallest absolute Gasteiger partial charge is 0.278 e. The molecule has 2 aromatic heterocycles. The van der Waals surface area contributed by atoms with Crippen molar-refractivity contribution >= 4 is 6.29 Å². The molecule has 4 aromatic rings. The first-order valence-corrected chi connectivity index (χ1v) is 10.1. The lowest BCUT2D eigenvalue weighted by molar-refractivity contribution is -0.107. The van der Waals surface area contributed by atoms with Crippen molar-refractivity contribution in [1.82, 2.24) is 19.9 Å². The number of benzene rings is 2. The van der Waals surface area contributed by atoms with E-state index in [0.717, 1.165) is 45.5 Å². The molecular weight excluding hydrogens is 392 g/mol. The van der Waals surface area contributed by atoms with Crippen LogP contribution in [0.1, 0.15) is 23.6 Å². The van der Waals surface area contributed by atoms with E-state index in [4.69, 9.17) is 9.26 Å². The molecular formula is C24H24N4O3. The van der Waals surface area contributed by atoms with Crippen LogP contribution in [0.2, 0.25) is 0 Å². The molecule has 158 valence electrons. The Morgan fingerprint density at radius 1 is 1.06 bits per heavy atom. The topological polar surface area (TPSA) is 83.0 Å². The van der Waals surface area contributed by atoms with Gasteiger partial charge in [0.25, 0.3) is 5.89 Å². The SMILES string of the molecule is CCn1nc(-c2nc(-c3cc(C)c(CC=O)c(C)c3)no2)cc1-c1ccc(OC)cc1. The molecule has 7 heteroatoms. The predicted molar refractivity (Wildman–Crippen MR) is 118 cm³/mol. The van der Waals surface area contributed by atoms with Crippen LogP contribution in [-0.2, 0) is 17.8 Å². The van der Waals surface area contributed by atoms with Crippen molar-refractivity contribution in [2.75, 3.05) is 7.11 Å². The third-order valence-electron chi connectivity index (χ3n) is 5.35. The minimum absolute atomic E-state index is 0.365. The molecule has 7 nitrogen and oxygen atoms in total. The van der Waals surface area contributed by atoms with Gasteiger partial charge in [0.05, 0.1) is 12.8 Å². The third-order valence-corrected chi connectivity index (χ3v) is 5.35. The molecule has 0 saturated carbocycles. The number of ether oxygens (including phenoxy) is 1. The number of hydrogen-bond donors (Lipinski definition) is 0. The van der Waals surface area contributed by atoms with E-state index in [2.05, 4.69) is 15.2 Å². The number of hydrogen-bond acceptors (Lipinski definition) is 6. The number of rotatable bonds is 7. The van der Waals surface area contributed by atoms with E-state index in [-0.39, 0.29) is 0 Å². The zero-order valence-corrected chi connectivity index (χ0v) is 18.0. The summed E-state index contributed by atoms with van der Waals surface area (Å²) in [5, 5.41) is 8.81. The molecule has 4 rings (SSSR count). The van der Waals surface area contributed by atoms with Gasteiger partial charge >= 0.3 is 0 Å². The standard InChI is InChI=1S/C24H24N4O3/c1-5-28-22(17-6-8-19(30-4)9-7-17)14-21(26-28)24-25-23(27-31-24)18-12-15(2)20(10-11-29)16(3)13-18/h6-9,11-14H,5,10H2,1-4H3. The van der Waals surface area contributed by atoms with Gasteiger partial charge in [0, 0.05) is 24.1 Å². The highest BCUT2D eigenvalue weighted by atomic mass is 16.5. The highest BCUT2D eigenvalue weighted by Gasteiger charge is 2.18. The van der Waals surface area contributed by atoms with Crippen LogP contribution in [-0.4, -0.2) is 33.3 Å². The fraction of sp³-hybridized carbons (Fsp3) is 0.250. The Hall–Kier alpha value is -3.74. The second kappa shape index (κ2) is 8.55. The predicted octanol–water partition coefficient (Wildman–Crippen LogP) is 4.65. The van der Waals surface area contributed by atoms with Gasteiger partial charge in [-0.15, -0.1) is 0 Å². The summed E-state index contributed by atoms with van der Waals surface area (Å²) in [4.78, 5) is 15.5. The van der Waals surface area contributed by atoms with Crippen molar-refractivity contribution in [3.05, 3.63) is 59.2 Å². The van der Waals surface area contributed by atoms with E-state index >= 15 is 0 Å². The van der Waals surface area contributed by atoms with Gasteiger partial charge in [0.2, 0.25) is 5.82 Å². The third kappa shape index (κ3) is 3.99. The van der Waals surface area contributed by atoms with E-state index in [1.807, 2.05) is 67.9 Å². The lowest BCUT2D eigenvalue weighted by Gasteiger charge is -2.08. The zero-order chi connectivity index (χ0) is 22.0. The molecule has 0 aliphatic carbocycles. The molecule has 2 aromatic carbocycles. The Morgan fingerprint density at radius 2 is 1.77 bits per heavy atom. The maximum absolute atomic E-state index is 10.9. The van der Waals surface area contributed by atoms with Crippen LogP contribution in [0.3, 0.4) is 0 Å². The maximum atomic E-state index is 10.9. The monoisotopic (exact) mass is 416 g/mol. The summed E-state index contributed by atoms with van der Waals surface area (Å²) in [6, 6.07) is 13.8. The molecule has 31 heavy (non-hydrogen) atoms. The lowest BCUT2D eigenvalue weighted by atomic mass is 9.97. The Morgan fingerprint density at radius 3 is 2.39 bits per heavy atom. The van der Waals surface area contributed by atoms with E-state index in [1.54, 1.807) is 7.11 Å². The second-order valence-electron chi connectivity index (χ2n) is 7.34. The second-order valence-corrected chi connectivity index (χ2v) is 7.34. The quantitative estimate of drug-likeness (QED) is 0.408. The normalized spacial score (nSPS) is 11.0. The molecule has 0 aliphatic rings. The van der Waals surface area contributed by atoms with Gasteiger partial charge < -0.3 is 14.1 Å². The number of aryl methyl sites for hydroxylation is 3. The fourth-order valence-corrected chi connectivity index (χ4v) is 3.73. The molecule has 0 spiro atoms. The molecule has 0 atom stereocenters. The van der Waals surface area contributed by atoms with Crippen molar-refractivity contribution < 1.29 is 14.1 Å². The Bertz CT molecular complexity index is 1200. The van der Waals surface area contributed by atoms with Crippen molar-refractivity contribution in [3.63, 3.8) is 0 Å². The van der Waals surface area contributed by atoms with Gasteiger partial charge in [-0.1, -0.05) is 5.16 Å². The molecule has 0 aliphatic heterocycles. The lowest BCUT2D eigenvalue weighted by Crippen LogP contribution is -1.99. The molecule has 0 radical (unpaired) electrons. The molecule has 2 heterocycles. The summed E-state index contributed by atoms with van der Waals surface area (Å²) in [6.07, 6.45) is 1.32. The van der Waals surface area contributed by atoms with Gasteiger partial charge in [0.15, 0.2) is 5.69 Å². The molecule has 0 unspecified atom stereocenters. The first kappa shape index (κ1) is 20.5. The Labute approximate surface area is 180 Å². The number of carbonyl (C=O) groups excluding carboxylic acids is 1. The van der Waals surface area contributed by atoms with Crippen molar-refractivity contribution in [2.45, 2.75) is 33.7 Å². The van der Waals surface area contributed by atoms with E-state index < -0.39 is 0 Å². The summed E-state index contributed by atoms with van der Waals surface area (Å²) in [5.74, 6) is 1.66. The minimum Gasteiger partial charge on any atom is -0.497 e. The van der Waals surface area contributed by atoms with Gasteiger partial charge in [0.1, 0.15) is 12.0 Å². The largest absolute Gasteiger partial charge is 0.497 e. The average Bonchev–Trinajstić information content (AvgIpc) is 3.43. The van der Waals surface area contributed by atoms with Crippen LogP contribution >= 0.6 is 0 Å². The van der Waals surface area contributed by atoms with Crippen LogP contribution in [0.5, 0.6) is 5.75 Å². The molecule has 0 bridgehead atoms. The number of nitrogens with zero attached hydrogens (tertiary/aromatic N) is 4. The van der Waals surface area contributed by atoms with Gasteiger partial charge in [-0.05, 0) is 79.9 Å². The van der Waals surface area contributed by atoms with E-state index in [1.165, 1.54) is 0 Å². The van der Waals surface area contributed by atoms with Crippen LogP contribution in [0, 0.1) is 13.8 Å². The van der Waals surface area contributed by atoms with Crippen molar-refractivity contribution in [2.24, 2.45) is 0 Å². The summed E-state index contributed by atoms with van der Waals surface area (Å²) in [7, 11) is 1.65. The number of methoxy groups -OCH3 is 1. The van der Waals surface area contributed by atoms with Crippen LogP contribution in [0.4, 0.5) is 0 Å². The number of aldehydes is 1. The summed E-state index contributed by atoms with van der Waals surface area (Å²) in [6.45, 7) is 6.72. The van der Waals surface area contributed by atoms with Crippen LogP contribution in [0.25, 0.3) is 34.2 Å². The minimum atomic E-state index is 0.365. The fourth-order valence-electron chi connectivity index (χ4n) is 3.73. The Balaban J connectivity index is 1.68. The highest BCUT2D eigenvalue weighted by molar-refractivity contribution is 5.68. The summed E-state index contributed by atoms with van der Waals surface area (Å²) < 4.78 is 12.7. The highest BCUT2D eigenvalue weighted by Crippen LogP contribution is 2.29. The van der Waals surface area contributed by atoms with Crippen LogP contribution < -0.4 is 4.74 Å². The van der Waals surface area contributed by atoms with Gasteiger partial charge in [-0.3, -0.25) is 4.68 Å². The van der Waals surface area contributed by atoms with Crippen molar-refractivity contribution in [1.29, 1.82) is 0 Å². The number of carbonyl (C=O) groups is 1. The summed E-state index contributed by atoms with van der Waals surface area (Å²) >= 11 is 0. The Kier molecular flexibility index (Phi) is 5.66. The summed E-state index contributed by atoms with van der Waals surface area (Å²) in [5.41, 5.74) is 6.56. The first-order valence-electron chi connectivity index (χ1n) is 10.1. The number of aromatic nitrogens is 4. The molecule has 0 fully saturated rings. The molecule has 0 amide bonds. The zero-order valence-electron chi connectivity index (χ0n) is 18.0. The van der Waals surface area contributed by atoms with Crippen LogP contribution in [0.15, 0.2) is 47.0 Å². The van der Waals surface area contributed by atoms with Crippen molar-refractivity contribution in [3.8, 4) is 40.0 Å². The van der Waals surface area contributed by atoms with Gasteiger partial charge in [-0.25, -0.2) is 0 Å². The molecule has 0 N–H and O–H groups in total. The first-order chi connectivity index (χ1) is 15.0. The van der Waals surface area contributed by atoms with E-state index in [9.17, 15) is 4.79 Å².